The summed E-state index contributed by atoms with van der Waals surface area (Å²) in [5.41, 5.74) is 15.7. The number of ether oxygens (including phenoxy) is 4. The van der Waals surface area contributed by atoms with Crippen LogP contribution >= 0.6 is 0 Å². The van der Waals surface area contributed by atoms with Crippen molar-refractivity contribution in [2.75, 3.05) is 39.8 Å². The quantitative estimate of drug-likeness (QED) is 0.0825. The fourth-order valence-corrected chi connectivity index (χ4v) is 5.88. The fraction of sp³-hybridized carbons (Fsp3) is 0.962. The molecule has 3 fully saturated rings. The molecule has 264 valence electrons. The Hall–Kier alpha value is -1.21. The van der Waals surface area contributed by atoms with Crippen molar-refractivity contribution in [3.8, 4) is 0 Å². The zero-order valence-corrected chi connectivity index (χ0v) is 25.5. The lowest BCUT2D eigenvalue weighted by Crippen LogP contribution is -2.70. The minimum atomic E-state index is -1.77. The van der Waals surface area contributed by atoms with Gasteiger partial charge in [-0.1, -0.05) is 0 Å². The van der Waals surface area contributed by atoms with Crippen LogP contribution in [0.4, 0.5) is 0 Å². The second-order valence-electron chi connectivity index (χ2n) is 12.2. The molecule has 19 heteroatoms. The van der Waals surface area contributed by atoms with Gasteiger partial charge in [-0.2, -0.15) is 0 Å². The second-order valence-corrected chi connectivity index (χ2v) is 12.2. The standard InChI is InChI=1S/C26H52N6O13/c1-26(41)9-42-24(19(39)22(26)30-2)45-21-12(32-23(40)13(34)6-28)5-11(29)20(18(21)38)44-25-17(37)16(36)15(35)14(43-25)8-31-7-10(33)3-4-27/h10-22,24-25,30-31,33-39,41H,3-9,27-29H2,1-2H3,(H,32,40)/t10?,11-,12+,13?,14+,15+,16-,17+,18-,19+,20+,21-,22+,24+,25+,26-/m0/s1. The summed E-state index contributed by atoms with van der Waals surface area (Å²) in [6.07, 6.45) is -17.1. The summed E-state index contributed by atoms with van der Waals surface area (Å²) in [6, 6.07) is -3.00. The number of nitrogens with one attached hydrogen (secondary N) is 3. The van der Waals surface area contributed by atoms with Crippen LogP contribution in [0.25, 0.3) is 0 Å². The highest BCUT2D eigenvalue weighted by Crippen LogP contribution is 2.32. The number of carbonyl (C=O) groups excluding carboxylic acids is 1. The average molecular weight is 657 g/mol. The first-order valence-electron chi connectivity index (χ1n) is 15.1. The molecule has 2 unspecified atom stereocenters. The van der Waals surface area contributed by atoms with E-state index in [0.717, 1.165) is 0 Å². The maximum Gasteiger partial charge on any atom is 0.250 e. The normalized spacial score (nSPS) is 43.9. The molecule has 0 bridgehead atoms. The minimum absolute atomic E-state index is 0.0532. The van der Waals surface area contributed by atoms with Crippen molar-refractivity contribution < 1.29 is 64.6 Å². The van der Waals surface area contributed by atoms with Crippen LogP contribution in [-0.4, -0.2) is 184 Å². The predicted molar refractivity (Wildman–Crippen MR) is 154 cm³/mol. The number of hydrogen-bond donors (Lipinski definition) is 14. The SMILES string of the molecule is CN[C@@H]1[C@@H](O)[C@@H](O[C@@H]2[C@@H](O)[C@H](O[C@H]3O[C@H](CNCC(O)CCN)[C@@H](O)[C@H](O)[C@H]3O)[C@@H](N)C[C@H]2NC(=O)C(O)CN)OC[C@]1(C)O. The molecule has 17 N–H and O–H groups in total. The number of nitrogens with two attached hydrogens (primary N) is 3. The first kappa shape index (κ1) is 38.2. The van der Waals surface area contributed by atoms with Gasteiger partial charge in [0.05, 0.1) is 24.8 Å². The van der Waals surface area contributed by atoms with Crippen LogP contribution in [0, 0.1) is 0 Å². The summed E-state index contributed by atoms with van der Waals surface area (Å²) in [7, 11) is 1.52. The smallest absolute Gasteiger partial charge is 0.250 e. The highest BCUT2D eigenvalue weighted by atomic mass is 16.7. The van der Waals surface area contributed by atoms with Gasteiger partial charge in [-0.3, -0.25) is 4.79 Å². The van der Waals surface area contributed by atoms with Crippen molar-refractivity contribution in [2.24, 2.45) is 17.2 Å². The number of aliphatic hydroxyl groups is 8. The van der Waals surface area contributed by atoms with Gasteiger partial charge in [0, 0.05) is 25.7 Å². The highest BCUT2D eigenvalue weighted by Gasteiger charge is 2.53. The zero-order valence-electron chi connectivity index (χ0n) is 25.5. The Morgan fingerprint density at radius 1 is 1.00 bits per heavy atom. The number of aliphatic hydroxyl groups excluding tert-OH is 7. The molecule has 3 aliphatic rings. The lowest BCUT2D eigenvalue weighted by Gasteiger charge is -2.49. The second kappa shape index (κ2) is 16.8. The maximum absolute atomic E-state index is 12.5. The number of rotatable bonds is 14. The van der Waals surface area contributed by atoms with E-state index >= 15 is 0 Å². The van der Waals surface area contributed by atoms with Crippen LogP contribution in [0.1, 0.15) is 19.8 Å². The van der Waals surface area contributed by atoms with Gasteiger partial charge in [0.2, 0.25) is 5.91 Å². The largest absolute Gasteiger partial charge is 0.392 e. The number of likely N-dealkylation sites (N-methyl/N-ethyl adjacent to an activating group) is 1. The molecule has 2 aliphatic heterocycles. The molecule has 1 aliphatic carbocycles. The van der Waals surface area contributed by atoms with E-state index in [1.165, 1.54) is 14.0 Å². The molecule has 0 aromatic heterocycles. The molecule has 0 spiro atoms. The van der Waals surface area contributed by atoms with Crippen LogP contribution in [0.5, 0.6) is 0 Å². The van der Waals surface area contributed by atoms with E-state index in [9.17, 15) is 45.6 Å². The molecule has 0 radical (unpaired) electrons. The Balaban J connectivity index is 1.79. The van der Waals surface area contributed by atoms with Gasteiger partial charge in [-0.05, 0) is 33.4 Å². The average Bonchev–Trinajstić information content (AvgIpc) is 2.98. The molecule has 1 saturated carbocycles. The van der Waals surface area contributed by atoms with Crippen molar-refractivity contribution in [1.29, 1.82) is 0 Å². The third kappa shape index (κ3) is 9.24. The Kier molecular flexibility index (Phi) is 14.2. The van der Waals surface area contributed by atoms with E-state index in [2.05, 4.69) is 16.0 Å². The van der Waals surface area contributed by atoms with E-state index in [0.29, 0.717) is 6.42 Å². The van der Waals surface area contributed by atoms with Crippen molar-refractivity contribution in [1.82, 2.24) is 16.0 Å². The minimum Gasteiger partial charge on any atom is -0.392 e. The summed E-state index contributed by atoms with van der Waals surface area (Å²) in [5, 5.41) is 92.8. The van der Waals surface area contributed by atoms with Gasteiger partial charge >= 0.3 is 0 Å². The van der Waals surface area contributed by atoms with Crippen molar-refractivity contribution in [3.63, 3.8) is 0 Å². The van der Waals surface area contributed by atoms with Crippen LogP contribution < -0.4 is 33.2 Å². The lowest BCUT2D eigenvalue weighted by molar-refractivity contribution is -0.331. The summed E-state index contributed by atoms with van der Waals surface area (Å²) in [6.45, 7) is 1.14. The molecule has 0 aromatic rings. The van der Waals surface area contributed by atoms with Crippen molar-refractivity contribution in [2.45, 2.75) is 117 Å². The Labute approximate surface area is 260 Å². The monoisotopic (exact) mass is 656 g/mol. The number of amides is 1. The van der Waals surface area contributed by atoms with E-state index < -0.39 is 103 Å². The van der Waals surface area contributed by atoms with Gasteiger partial charge in [0.15, 0.2) is 12.6 Å². The van der Waals surface area contributed by atoms with Crippen molar-refractivity contribution in [3.05, 3.63) is 0 Å². The van der Waals surface area contributed by atoms with E-state index in [4.69, 9.17) is 36.1 Å². The molecule has 1 amide bonds. The first-order valence-corrected chi connectivity index (χ1v) is 15.1. The van der Waals surface area contributed by atoms with Gasteiger partial charge in [-0.15, -0.1) is 0 Å². The van der Waals surface area contributed by atoms with Crippen LogP contribution in [0.3, 0.4) is 0 Å². The lowest BCUT2D eigenvalue weighted by atomic mass is 9.83. The van der Waals surface area contributed by atoms with E-state index in [-0.39, 0.29) is 39.2 Å². The first-order chi connectivity index (χ1) is 21.2. The molecule has 3 rings (SSSR count). The Morgan fingerprint density at radius 3 is 2.29 bits per heavy atom. The fourth-order valence-electron chi connectivity index (χ4n) is 5.88. The summed E-state index contributed by atoms with van der Waals surface area (Å²) in [5.74, 6) is -0.869. The molecule has 2 saturated heterocycles. The Bertz CT molecular complexity index is 927. The molecule has 16 atom stereocenters. The molecular weight excluding hydrogens is 604 g/mol. The van der Waals surface area contributed by atoms with Gasteiger partial charge in [0.25, 0.3) is 0 Å². The molecule has 45 heavy (non-hydrogen) atoms. The topological polar surface area (TPSA) is 330 Å². The summed E-state index contributed by atoms with van der Waals surface area (Å²) < 4.78 is 23.2. The highest BCUT2D eigenvalue weighted by molar-refractivity contribution is 5.81. The van der Waals surface area contributed by atoms with E-state index in [1.807, 2.05) is 0 Å². The number of hydrogen-bond acceptors (Lipinski definition) is 18. The van der Waals surface area contributed by atoms with Crippen LogP contribution in [0.2, 0.25) is 0 Å². The zero-order chi connectivity index (χ0) is 33.6. The molecular formula is C26H52N6O13. The van der Waals surface area contributed by atoms with Crippen LogP contribution in [0.15, 0.2) is 0 Å². The molecule has 2 heterocycles. The van der Waals surface area contributed by atoms with Gasteiger partial charge in [-0.25, -0.2) is 0 Å². The Morgan fingerprint density at radius 2 is 1.67 bits per heavy atom. The number of carbonyl (C=O) groups is 1. The third-order valence-corrected chi connectivity index (χ3v) is 8.49. The van der Waals surface area contributed by atoms with Crippen molar-refractivity contribution >= 4 is 5.91 Å². The van der Waals surface area contributed by atoms with Gasteiger partial charge < -0.3 is 93.0 Å². The van der Waals surface area contributed by atoms with Gasteiger partial charge in [0.1, 0.15) is 60.5 Å². The maximum atomic E-state index is 12.5. The van der Waals surface area contributed by atoms with E-state index in [1.54, 1.807) is 0 Å². The third-order valence-electron chi connectivity index (χ3n) is 8.49. The predicted octanol–water partition coefficient (Wildman–Crippen LogP) is -8.18. The summed E-state index contributed by atoms with van der Waals surface area (Å²) >= 11 is 0. The molecule has 19 nitrogen and oxygen atoms in total. The summed E-state index contributed by atoms with van der Waals surface area (Å²) in [4.78, 5) is 12.5. The molecule has 0 aromatic carbocycles. The van der Waals surface area contributed by atoms with Crippen LogP contribution in [-0.2, 0) is 23.7 Å².